The number of hydrogen-bond acceptors (Lipinski definition) is 10. The number of benzene rings is 2. The van der Waals surface area contributed by atoms with Crippen molar-refractivity contribution in [1.29, 1.82) is 0 Å². The lowest BCUT2D eigenvalue weighted by molar-refractivity contribution is -0.185. The second-order valence-electron chi connectivity index (χ2n) is 7.52. The lowest BCUT2D eigenvalue weighted by atomic mass is 9.89. The molecule has 34 heavy (non-hydrogen) atoms. The molecule has 1 N–H and O–H groups in total. The van der Waals surface area contributed by atoms with Crippen LogP contribution in [0.15, 0.2) is 58.7 Å². The highest BCUT2D eigenvalue weighted by atomic mass is 32.1. The normalized spacial score (nSPS) is 17.8. The molecule has 0 radical (unpaired) electrons. The van der Waals surface area contributed by atoms with Gasteiger partial charge in [0.15, 0.2) is 11.5 Å². The molecule has 1 aliphatic heterocycles. The zero-order chi connectivity index (χ0) is 23.9. The van der Waals surface area contributed by atoms with Crippen LogP contribution < -0.4 is 14.2 Å². The van der Waals surface area contributed by atoms with Crippen LogP contribution in [0.4, 0.5) is 0 Å². The molecule has 2 aromatic heterocycles. The van der Waals surface area contributed by atoms with Gasteiger partial charge in [0.25, 0.3) is 5.79 Å². The van der Waals surface area contributed by atoms with Gasteiger partial charge in [-0.3, -0.25) is 0 Å². The Hall–Kier alpha value is -3.89. The van der Waals surface area contributed by atoms with Crippen molar-refractivity contribution in [2.24, 2.45) is 0 Å². The van der Waals surface area contributed by atoms with E-state index in [-0.39, 0.29) is 17.6 Å². The lowest BCUT2D eigenvalue weighted by Gasteiger charge is -2.26. The Morgan fingerprint density at radius 1 is 1.00 bits per heavy atom. The van der Waals surface area contributed by atoms with Crippen LogP contribution in [0.3, 0.4) is 0 Å². The van der Waals surface area contributed by atoms with Crippen LogP contribution >= 0.6 is 11.7 Å². The van der Waals surface area contributed by atoms with Crippen LogP contribution in [-0.2, 0) is 21.7 Å². The third-order valence-corrected chi connectivity index (χ3v) is 6.24. The molecule has 5 rings (SSSR count). The molecule has 0 spiro atoms. The van der Waals surface area contributed by atoms with Crippen LogP contribution in [0.1, 0.15) is 16.9 Å². The van der Waals surface area contributed by atoms with Gasteiger partial charge in [0.1, 0.15) is 16.8 Å². The summed E-state index contributed by atoms with van der Waals surface area (Å²) in [5.74, 6) is -1.28. The predicted octanol–water partition coefficient (Wildman–Crippen LogP) is 3.71. The number of carbonyl (C=O) groups excluding carboxylic acids is 1. The molecule has 1 aliphatic rings. The SMILES string of the molecule is COc1cc(C2(O)OC(=O)C(c3ccc4nsnc4c3)=C2Cc2ccco2)cc(OC)c1OC. The third kappa shape index (κ3) is 3.47. The van der Waals surface area contributed by atoms with E-state index in [1.807, 2.05) is 0 Å². The average molecular weight is 480 g/mol. The van der Waals surface area contributed by atoms with Crippen molar-refractivity contribution in [1.82, 2.24) is 8.75 Å². The largest absolute Gasteiger partial charge is 0.493 e. The maximum Gasteiger partial charge on any atom is 0.342 e. The number of methoxy groups -OCH3 is 3. The summed E-state index contributed by atoms with van der Waals surface area (Å²) in [6, 6.07) is 11.9. The second-order valence-corrected chi connectivity index (χ2v) is 8.05. The molecule has 174 valence electrons. The molecule has 0 aliphatic carbocycles. The molecule has 1 unspecified atom stereocenters. The van der Waals surface area contributed by atoms with E-state index in [4.69, 9.17) is 23.4 Å². The van der Waals surface area contributed by atoms with Gasteiger partial charge in [-0.25, -0.2) is 4.79 Å². The number of esters is 1. The summed E-state index contributed by atoms with van der Waals surface area (Å²) in [5, 5.41) is 11.9. The summed E-state index contributed by atoms with van der Waals surface area (Å²) in [4.78, 5) is 13.2. The quantitative estimate of drug-likeness (QED) is 0.396. The van der Waals surface area contributed by atoms with Crippen molar-refractivity contribution >= 4 is 34.3 Å². The van der Waals surface area contributed by atoms with Crippen LogP contribution in [0.25, 0.3) is 16.6 Å². The fraction of sp³-hybridized carbons (Fsp3) is 0.208. The molecule has 0 bridgehead atoms. The molecule has 3 heterocycles. The Morgan fingerprint density at radius 3 is 2.38 bits per heavy atom. The minimum absolute atomic E-state index is 0.120. The molecule has 10 heteroatoms. The van der Waals surface area contributed by atoms with Gasteiger partial charge >= 0.3 is 5.97 Å². The third-order valence-electron chi connectivity index (χ3n) is 5.68. The minimum atomic E-state index is -2.11. The Bertz CT molecular complexity index is 1380. The molecule has 0 saturated carbocycles. The number of aromatic nitrogens is 2. The first-order chi connectivity index (χ1) is 16.5. The van der Waals surface area contributed by atoms with Gasteiger partial charge in [-0.05, 0) is 42.0 Å². The number of fused-ring (bicyclic) bond motifs is 1. The van der Waals surface area contributed by atoms with Crippen molar-refractivity contribution in [3.63, 3.8) is 0 Å². The van der Waals surface area contributed by atoms with Crippen LogP contribution in [0.2, 0.25) is 0 Å². The van der Waals surface area contributed by atoms with Crippen LogP contribution in [-0.4, -0.2) is 41.2 Å². The lowest BCUT2D eigenvalue weighted by Crippen LogP contribution is -2.30. The highest BCUT2D eigenvalue weighted by Crippen LogP contribution is 2.48. The first kappa shape index (κ1) is 21.9. The maximum absolute atomic E-state index is 13.2. The molecule has 0 amide bonds. The van der Waals surface area contributed by atoms with E-state index in [0.29, 0.717) is 45.2 Å². The van der Waals surface area contributed by atoms with E-state index in [1.54, 1.807) is 42.5 Å². The fourth-order valence-electron chi connectivity index (χ4n) is 4.07. The standard InChI is InChI=1S/C24H20N2O7S/c1-29-19-10-14(11-20(30-2)22(19)31-3)24(28)16(12-15-5-4-8-32-15)21(23(27)33-24)13-6-7-17-18(9-13)26-34-25-17/h4-11,28H,12H2,1-3H3. The van der Waals surface area contributed by atoms with Crippen LogP contribution in [0.5, 0.6) is 17.2 Å². The molecule has 0 saturated heterocycles. The zero-order valence-corrected chi connectivity index (χ0v) is 19.3. The topological polar surface area (TPSA) is 113 Å². The number of carbonyl (C=O) groups is 1. The highest BCUT2D eigenvalue weighted by Gasteiger charge is 2.49. The summed E-state index contributed by atoms with van der Waals surface area (Å²) < 4.78 is 35.9. The van der Waals surface area contributed by atoms with Gasteiger partial charge in [0.05, 0.1) is 44.9 Å². The molecule has 2 aromatic carbocycles. The van der Waals surface area contributed by atoms with Gasteiger partial charge < -0.3 is 28.5 Å². The molecule has 4 aromatic rings. The number of furan rings is 1. The number of hydrogen-bond donors (Lipinski definition) is 1. The van der Waals surface area contributed by atoms with Gasteiger partial charge in [0, 0.05) is 17.6 Å². The number of aliphatic hydroxyl groups is 1. The summed E-state index contributed by atoms with van der Waals surface area (Å²) in [7, 11) is 4.41. The first-order valence-corrected chi connectivity index (χ1v) is 11.0. The fourth-order valence-corrected chi connectivity index (χ4v) is 4.59. The number of cyclic esters (lactones) is 1. The van der Waals surface area contributed by atoms with Gasteiger partial charge in [0.2, 0.25) is 5.75 Å². The van der Waals surface area contributed by atoms with Crippen molar-refractivity contribution in [3.8, 4) is 17.2 Å². The Kier molecular flexibility index (Phi) is 5.46. The van der Waals surface area contributed by atoms with Gasteiger partial charge in [-0.1, -0.05) is 6.07 Å². The summed E-state index contributed by atoms with van der Waals surface area (Å²) >= 11 is 1.08. The Labute approximate surface area is 198 Å². The summed E-state index contributed by atoms with van der Waals surface area (Å²) in [6.07, 6.45) is 1.65. The molecular formula is C24H20N2O7S. The van der Waals surface area contributed by atoms with E-state index < -0.39 is 11.8 Å². The maximum atomic E-state index is 13.2. The number of nitrogens with zero attached hydrogens (tertiary/aromatic N) is 2. The number of rotatable bonds is 7. The van der Waals surface area contributed by atoms with Crippen molar-refractivity contribution in [3.05, 3.63) is 71.2 Å². The second kappa shape index (κ2) is 8.47. The smallest absolute Gasteiger partial charge is 0.342 e. The monoisotopic (exact) mass is 480 g/mol. The number of ether oxygens (including phenoxy) is 4. The average Bonchev–Trinajstić information content (AvgIpc) is 3.58. The van der Waals surface area contributed by atoms with E-state index in [1.165, 1.54) is 27.6 Å². The molecule has 9 nitrogen and oxygen atoms in total. The van der Waals surface area contributed by atoms with Gasteiger partial charge in [-0.15, -0.1) is 0 Å². The molecule has 0 fully saturated rings. The summed E-state index contributed by atoms with van der Waals surface area (Å²) in [6.45, 7) is 0. The van der Waals surface area contributed by atoms with Crippen molar-refractivity contribution in [2.45, 2.75) is 12.2 Å². The zero-order valence-electron chi connectivity index (χ0n) is 18.5. The van der Waals surface area contributed by atoms with Crippen molar-refractivity contribution < 1.29 is 33.3 Å². The van der Waals surface area contributed by atoms with Gasteiger partial charge in [-0.2, -0.15) is 8.75 Å². The van der Waals surface area contributed by atoms with E-state index in [0.717, 1.165) is 11.7 Å². The predicted molar refractivity (Wildman–Crippen MR) is 123 cm³/mol. The Balaban J connectivity index is 1.73. The minimum Gasteiger partial charge on any atom is -0.493 e. The Morgan fingerprint density at radius 2 is 1.74 bits per heavy atom. The summed E-state index contributed by atoms with van der Waals surface area (Å²) in [5.41, 5.74) is 2.68. The molecule has 1 atom stereocenters. The highest BCUT2D eigenvalue weighted by molar-refractivity contribution is 7.00. The van der Waals surface area contributed by atoms with E-state index in [9.17, 15) is 9.90 Å². The molecular weight excluding hydrogens is 460 g/mol. The first-order valence-electron chi connectivity index (χ1n) is 10.2. The van der Waals surface area contributed by atoms with Crippen LogP contribution in [0, 0.1) is 0 Å². The van der Waals surface area contributed by atoms with E-state index >= 15 is 0 Å². The van der Waals surface area contributed by atoms with E-state index in [2.05, 4.69) is 8.75 Å². The van der Waals surface area contributed by atoms with Crippen molar-refractivity contribution in [2.75, 3.05) is 21.3 Å².